The molecule has 2 aromatic carbocycles. The molecule has 0 fully saturated rings. The number of pyridine rings is 1. The van der Waals surface area contributed by atoms with Gasteiger partial charge in [-0.05, 0) is 36.8 Å². The molecule has 170 valence electrons. The summed E-state index contributed by atoms with van der Waals surface area (Å²) < 4.78 is 3.57. The molecule has 0 bridgehead atoms. The van der Waals surface area contributed by atoms with Gasteiger partial charge in [-0.1, -0.05) is 36.4 Å². The topological polar surface area (TPSA) is 115 Å². The van der Waals surface area contributed by atoms with Crippen molar-refractivity contribution in [3.05, 3.63) is 89.7 Å². The summed E-state index contributed by atoms with van der Waals surface area (Å²) in [6.07, 6.45) is 1.73. The number of aryl methyl sites for hydroxylation is 1. The van der Waals surface area contributed by atoms with E-state index in [0.29, 0.717) is 23.6 Å². The average molecular weight is 454 g/mol. The van der Waals surface area contributed by atoms with E-state index >= 15 is 0 Å². The van der Waals surface area contributed by atoms with Gasteiger partial charge < -0.3 is 20.7 Å². The molecule has 0 spiro atoms. The second-order valence-corrected chi connectivity index (χ2v) is 8.17. The molecule has 0 atom stereocenters. The summed E-state index contributed by atoms with van der Waals surface area (Å²) in [6, 6.07) is 21.1. The van der Waals surface area contributed by atoms with Crippen LogP contribution in [0.1, 0.15) is 21.6 Å². The molecule has 0 radical (unpaired) electrons. The first-order chi connectivity index (χ1) is 16.4. The number of anilines is 1. The minimum absolute atomic E-state index is 0.199. The van der Waals surface area contributed by atoms with E-state index in [9.17, 15) is 14.7 Å². The third-order valence-electron chi connectivity index (χ3n) is 5.87. The molecule has 0 saturated carbocycles. The van der Waals surface area contributed by atoms with Crippen LogP contribution < -0.4 is 11.1 Å². The fourth-order valence-corrected chi connectivity index (χ4v) is 4.36. The highest BCUT2D eigenvalue weighted by molar-refractivity contribution is 6.06. The van der Waals surface area contributed by atoms with Crippen LogP contribution in [0.3, 0.4) is 0 Å². The van der Waals surface area contributed by atoms with Crippen molar-refractivity contribution >= 4 is 39.5 Å². The number of carboxylic acid groups (broad SMARTS) is 1. The van der Waals surface area contributed by atoms with E-state index in [-0.39, 0.29) is 6.54 Å². The number of hydrogen-bond acceptors (Lipinski definition) is 4. The van der Waals surface area contributed by atoms with Crippen LogP contribution in [0.15, 0.2) is 72.9 Å². The summed E-state index contributed by atoms with van der Waals surface area (Å²) >= 11 is 0. The minimum atomic E-state index is -0.947. The van der Waals surface area contributed by atoms with Gasteiger partial charge in [-0.2, -0.15) is 0 Å². The zero-order valence-corrected chi connectivity index (χ0v) is 18.5. The number of nitrogens with two attached hydrogens (primary N) is 1. The zero-order chi connectivity index (χ0) is 23.8. The van der Waals surface area contributed by atoms with Gasteiger partial charge in [0, 0.05) is 46.5 Å². The number of fused-ring (bicyclic) bond motifs is 2. The van der Waals surface area contributed by atoms with E-state index in [2.05, 4.69) is 5.32 Å². The second kappa shape index (κ2) is 8.40. The Morgan fingerprint density at radius 3 is 2.56 bits per heavy atom. The largest absolute Gasteiger partial charge is 0.480 e. The molecule has 34 heavy (non-hydrogen) atoms. The fraction of sp³-hybridized carbons (Fsp3) is 0.115. The predicted octanol–water partition coefficient (Wildman–Crippen LogP) is 4.08. The summed E-state index contributed by atoms with van der Waals surface area (Å²) in [5.41, 5.74) is 10.2. The number of primary amides is 1. The molecule has 1 amide bonds. The molecule has 5 rings (SSSR count). The van der Waals surface area contributed by atoms with Crippen LogP contribution in [0, 0.1) is 6.92 Å². The lowest BCUT2D eigenvalue weighted by Gasteiger charge is -2.14. The Kier molecular flexibility index (Phi) is 5.25. The number of aliphatic carboxylic acids is 1. The predicted molar refractivity (Wildman–Crippen MR) is 131 cm³/mol. The standard InChI is InChI=1S/C26H23N5O3/c1-16-12-20-18(25(27)34)8-5-9-22(20)31(16)23-13-21(28-14-17-6-3-2-4-7-17)19-10-11-30(15-24(32)33)26(19)29-23/h2-13H,14-15H2,1H3,(H2,27,34)(H,28,29)(H,32,33). The maximum atomic E-state index is 12.0. The molecule has 0 unspecified atom stereocenters. The van der Waals surface area contributed by atoms with E-state index in [4.69, 9.17) is 10.7 Å². The van der Waals surface area contributed by atoms with E-state index in [1.807, 2.05) is 66.1 Å². The first-order valence-corrected chi connectivity index (χ1v) is 10.8. The summed E-state index contributed by atoms with van der Waals surface area (Å²) in [5, 5.41) is 14.4. The lowest BCUT2D eigenvalue weighted by Crippen LogP contribution is -2.11. The van der Waals surface area contributed by atoms with E-state index < -0.39 is 11.9 Å². The molecular weight excluding hydrogens is 430 g/mol. The second-order valence-electron chi connectivity index (χ2n) is 8.17. The monoisotopic (exact) mass is 453 g/mol. The summed E-state index contributed by atoms with van der Waals surface area (Å²) in [5.74, 6) is -0.827. The van der Waals surface area contributed by atoms with Gasteiger partial charge in [-0.3, -0.25) is 14.2 Å². The van der Waals surface area contributed by atoms with E-state index in [1.54, 1.807) is 22.9 Å². The van der Waals surface area contributed by atoms with Crippen molar-refractivity contribution in [2.45, 2.75) is 20.0 Å². The number of amides is 1. The van der Waals surface area contributed by atoms with Crippen molar-refractivity contribution in [1.82, 2.24) is 14.1 Å². The number of rotatable bonds is 7. The minimum Gasteiger partial charge on any atom is -0.480 e. The molecule has 4 N–H and O–H groups in total. The summed E-state index contributed by atoms with van der Waals surface area (Å²) in [6.45, 7) is 2.33. The van der Waals surface area contributed by atoms with Crippen LogP contribution >= 0.6 is 0 Å². The van der Waals surface area contributed by atoms with Gasteiger partial charge in [0.25, 0.3) is 0 Å². The Morgan fingerprint density at radius 1 is 1.03 bits per heavy atom. The third-order valence-corrected chi connectivity index (χ3v) is 5.87. The number of hydrogen-bond donors (Lipinski definition) is 3. The highest BCUT2D eigenvalue weighted by atomic mass is 16.4. The third kappa shape index (κ3) is 3.75. The van der Waals surface area contributed by atoms with Crippen molar-refractivity contribution in [2.24, 2.45) is 5.73 Å². The highest BCUT2D eigenvalue weighted by Gasteiger charge is 2.17. The van der Waals surface area contributed by atoms with Gasteiger partial charge in [0.05, 0.1) is 5.52 Å². The van der Waals surface area contributed by atoms with Crippen LogP contribution in [0.2, 0.25) is 0 Å². The summed E-state index contributed by atoms with van der Waals surface area (Å²) in [4.78, 5) is 28.2. The van der Waals surface area contributed by atoms with Gasteiger partial charge in [0.1, 0.15) is 18.0 Å². The van der Waals surface area contributed by atoms with Crippen molar-refractivity contribution in [2.75, 3.05) is 5.32 Å². The smallest absolute Gasteiger partial charge is 0.323 e. The number of nitrogens with zero attached hydrogens (tertiary/aromatic N) is 3. The van der Waals surface area contributed by atoms with Gasteiger partial charge in [0.2, 0.25) is 5.91 Å². The number of benzene rings is 2. The highest BCUT2D eigenvalue weighted by Crippen LogP contribution is 2.31. The lowest BCUT2D eigenvalue weighted by atomic mass is 10.1. The molecule has 8 nitrogen and oxygen atoms in total. The average Bonchev–Trinajstić information content (AvgIpc) is 3.37. The Bertz CT molecular complexity index is 1550. The first kappa shape index (κ1) is 21.3. The molecular formula is C26H23N5O3. The van der Waals surface area contributed by atoms with Gasteiger partial charge in [0.15, 0.2) is 0 Å². The van der Waals surface area contributed by atoms with Gasteiger partial charge in [-0.15, -0.1) is 0 Å². The Morgan fingerprint density at radius 2 is 1.82 bits per heavy atom. The molecule has 5 aromatic rings. The quantitative estimate of drug-likeness (QED) is 0.343. The van der Waals surface area contributed by atoms with Crippen LogP contribution in [-0.4, -0.2) is 31.1 Å². The SMILES string of the molecule is Cc1cc2c(C(N)=O)cccc2n1-c1cc(NCc2ccccc2)c2ccn(CC(=O)O)c2n1. The number of aromatic nitrogens is 3. The molecule has 3 aromatic heterocycles. The van der Waals surface area contributed by atoms with Crippen LogP contribution in [-0.2, 0) is 17.9 Å². The fourth-order valence-electron chi connectivity index (χ4n) is 4.36. The molecule has 3 heterocycles. The number of carbonyl (C=O) groups is 2. The Labute approximate surface area is 195 Å². The molecule has 8 heteroatoms. The first-order valence-electron chi connectivity index (χ1n) is 10.8. The van der Waals surface area contributed by atoms with Gasteiger partial charge in [-0.25, -0.2) is 4.98 Å². The summed E-state index contributed by atoms with van der Waals surface area (Å²) in [7, 11) is 0. The zero-order valence-electron chi connectivity index (χ0n) is 18.5. The normalized spacial score (nSPS) is 11.2. The lowest BCUT2D eigenvalue weighted by molar-refractivity contribution is -0.137. The molecule has 0 aliphatic rings. The van der Waals surface area contributed by atoms with E-state index in [0.717, 1.165) is 33.2 Å². The van der Waals surface area contributed by atoms with Crippen molar-refractivity contribution in [3.63, 3.8) is 0 Å². The molecule has 0 saturated heterocycles. The maximum Gasteiger partial charge on any atom is 0.323 e. The van der Waals surface area contributed by atoms with Crippen molar-refractivity contribution in [3.8, 4) is 5.82 Å². The Hall–Kier alpha value is -4.59. The maximum absolute atomic E-state index is 12.0. The Balaban J connectivity index is 1.69. The number of carbonyl (C=O) groups excluding carboxylic acids is 1. The van der Waals surface area contributed by atoms with Crippen molar-refractivity contribution in [1.29, 1.82) is 0 Å². The number of carboxylic acids is 1. The molecule has 0 aliphatic carbocycles. The van der Waals surface area contributed by atoms with E-state index in [1.165, 1.54) is 0 Å². The van der Waals surface area contributed by atoms with Crippen LogP contribution in [0.25, 0.3) is 27.8 Å². The van der Waals surface area contributed by atoms with Gasteiger partial charge >= 0.3 is 5.97 Å². The molecule has 0 aliphatic heterocycles. The van der Waals surface area contributed by atoms with Crippen LogP contribution in [0.4, 0.5) is 5.69 Å². The number of nitrogens with one attached hydrogen (secondary N) is 1. The van der Waals surface area contributed by atoms with Crippen LogP contribution in [0.5, 0.6) is 0 Å². The van der Waals surface area contributed by atoms with Crippen molar-refractivity contribution < 1.29 is 14.7 Å².